The Bertz CT molecular complexity index is 705. The predicted octanol–water partition coefficient (Wildman–Crippen LogP) is 1.87. The van der Waals surface area contributed by atoms with Crippen molar-refractivity contribution >= 4 is 11.6 Å². The maximum atomic E-state index is 12.4. The number of fused-ring (bicyclic) bond motifs is 2. The summed E-state index contributed by atoms with van der Waals surface area (Å²) >= 11 is 0. The van der Waals surface area contributed by atoms with Crippen LogP contribution in [0, 0.1) is 13.8 Å². The van der Waals surface area contributed by atoms with Crippen LogP contribution in [0.15, 0.2) is 24.7 Å². The molecule has 0 spiro atoms. The average Bonchev–Trinajstić information content (AvgIpc) is 2.35. The van der Waals surface area contributed by atoms with Crippen LogP contribution in [0.1, 0.15) is 43.1 Å². The molecule has 0 N–H and O–H groups in total. The van der Waals surface area contributed by atoms with Crippen LogP contribution in [-0.2, 0) is 0 Å². The number of aromatic nitrogens is 2. The van der Waals surface area contributed by atoms with Gasteiger partial charge in [0.25, 0.3) is 0 Å². The fourth-order valence-corrected chi connectivity index (χ4v) is 2.22. The van der Waals surface area contributed by atoms with E-state index in [-0.39, 0.29) is 17.3 Å². The molecule has 2 aromatic rings. The average molecular weight is 238 g/mol. The number of carbonyl (C=O) groups is 2. The van der Waals surface area contributed by atoms with E-state index >= 15 is 0 Å². The summed E-state index contributed by atoms with van der Waals surface area (Å²) in [5.74, 6) is -0.369. The predicted molar refractivity (Wildman–Crippen MR) is 64.8 cm³/mol. The van der Waals surface area contributed by atoms with Crippen molar-refractivity contribution in [1.29, 1.82) is 0 Å². The van der Waals surface area contributed by atoms with Gasteiger partial charge in [-0.1, -0.05) is 0 Å². The van der Waals surface area contributed by atoms with E-state index in [9.17, 15) is 9.59 Å². The number of nitrogens with zero attached hydrogens (tertiary/aromatic N) is 2. The van der Waals surface area contributed by atoms with Crippen LogP contribution in [0.4, 0.5) is 0 Å². The first-order valence-corrected chi connectivity index (χ1v) is 5.60. The van der Waals surface area contributed by atoms with E-state index in [0.29, 0.717) is 16.7 Å². The van der Waals surface area contributed by atoms with Gasteiger partial charge in [0.2, 0.25) is 5.78 Å². The molecule has 0 atom stereocenters. The Labute approximate surface area is 104 Å². The monoisotopic (exact) mass is 238 g/mol. The minimum absolute atomic E-state index is 0.143. The molecule has 0 saturated carbocycles. The van der Waals surface area contributed by atoms with E-state index in [2.05, 4.69) is 9.97 Å². The van der Waals surface area contributed by atoms with Crippen LogP contribution in [0.3, 0.4) is 0 Å². The molecule has 0 fully saturated rings. The van der Waals surface area contributed by atoms with Gasteiger partial charge < -0.3 is 0 Å². The van der Waals surface area contributed by atoms with E-state index in [1.54, 1.807) is 25.4 Å². The minimum atomic E-state index is -0.226. The molecule has 0 aromatic carbocycles. The zero-order valence-corrected chi connectivity index (χ0v) is 10.0. The molecule has 1 aliphatic carbocycles. The maximum Gasteiger partial charge on any atom is 0.214 e. The molecular weight excluding hydrogens is 228 g/mol. The molecule has 4 nitrogen and oxygen atoms in total. The summed E-state index contributed by atoms with van der Waals surface area (Å²) < 4.78 is 0. The van der Waals surface area contributed by atoms with Crippen molar-refractivity contribution < 1.29 is 9.59 Å². The third-order valence-electron chi connectivity index (χ3n) is 3.09. The summed E-state index contributed by atoms with van der Waals surface area (Å²) in [4.78, 5) is 32.7. The Hall–Kier alpha value is -2.36. The summed E-state index contributed by atoms with van der Waals surface area (Å²) in [6, 6.07) is 1.71. The zero-order valence-electron chi connectivity index (χ0n) is 10.0. The number of pyridine rings is 2. The van der Waals surface area contributed by atoms with Gasteiger partial charge in [-0.3, -0.25) is 19.6 Å². The molecule has 0 saturated heterocycles. The van der Waals surface area contributed by atoms with Gasteiger partial charge >= 0.3 is 0 Å². The van der Waals surface area contributed by atoms with Crippen LogP contribution in [0.25, 0.3) is 0 Å². The highest BCUT2D eigenvalue weighted by molar-refractivity contribution is 6.28. The number of aryl methyl sites for hydroxylation is 2. The van der Waals surface area contributed by atoms with Gasteiger partial charge in [0, 0.05) is 24.2 Å². The number of carbonyl (C=O) groups excluding carboxylic acids is 2. The Morgan fingerprint density at radius 3 is 2.50 bits per heavy atom. The molecule has 2 aromatic heterocycles. The van der Waals surface area contributed by atoms with E-state index in [1.165, 1.54) is 6.20 Å². The maximum absolute atomic E-state index is 12.4. The van der Waals surface area contributed by atoms with Crippen molar-refractivity contribution in [2.75, 3.05) is 0 Å². The molecule has 18 heavy (non-hydrogen) atoms. The molecule has 1 aliphatic rings. The van der Waals surface area contributed by atoms with E-state index in [1.807, 2.05) is 6.92 Å². The molecule has 0 amide bonds. The van der Waals surface area contributed by atoms with Crippen LogP contribution in [0.5, 0.6) is 0 Å². The van der Waals surface area contributed by atoms with E-state index in [0.717, 1.165) is 11.1 Å². The van der Waals surface area contributed by atoms with Crippen molar-refractivity contribution in [3.05, 3.63) is 58.2 Å². The van der Waals surface area contributed by atoms with Gasteiger partial charge in [-0.2, -0.15) is 0 Å². The molecule has 0 bridgehead atoms. The quantitative estimate of drug-likeness (QED) is 0.600. The lowest BCUT2D eigenvalue weighted by atomic mass is 9.85. The molecular formula is C14H10N2O2. The highest BCUT2D eigenvalue weighted by Crippen LogP contribution is 2.27. The van der Waals surface area contributed by atoms with Crippen LogP contribution >= 0.6 is 0 Å². The molecule has 4 heteroatoms. The van der Waals surface area contributed by atoms with Gasteiger partial charge in [0.05, 0.1) is 11.1 Å². The second kappa shape index (κ2) is 3.57. The Morgan fingerprint density at radius 1 is 0.944 bits per heavy atom. The Balaban J connectivity index is 2.36. The highest BCUT2D eigenvalue weighted by atomic mass is 16.1. The summed E-state index contributed by atoms with van der Waals surface area (Å²) in [6.07, 6.45) is 4.63. The van der Waals surface area contributed by atoms with E-state index < -0.39 is 0 Å². The largest absolute Gasteiger partial charge is 0.288 e. The second-order valence-corrected chi connectivity index (χ2v) is 4.45. The standard InChI is InChI=1S/C14H10N2O2/c1-7-3-9-12(16-4-7)14(18)10-6-15-5-8(2)11(10)13(9)17/h3-6H,1-2H3. The Morgan fingerprint density at radius 2 is 1.72 bits per heavy atom. The summed E-state index contributed by atoms with van der Waals surface area (Å²) in [7, 11) is 0. The topological polar surface area (TPSA) is 59.9 Å². The summed E-state index contributed by atoms with van der Waals surface area (Å²) in [6.45, 7) is 3.63. The fourth-order valence-electron chi connectivity index (χ4n) is 2.22. The van der Waals surface area contributed by atoms with Crippen molar-refractivity contribution in [2.24, 2.45) is 0 Å². The number of ketones is 2. The highest BCUT2D eigenvalue weighted by Gasteiger charge is 2.32. The first kappa shape index (κ1) is 10.8. The van der Waals surface area contributed by atoms with Crippen molar-refractivity contribution in [1.82, 2.24) is 9.97 Å². The summed E-state index contributed by atoms with van der Waals surface area (Å²) in [5, 5.41) is 0. The number of hydrogen-bond donors (Lipinski definition) is 0. The van der Waals surface area contributed by atoms with Crippen molar-refractivity contribution in [3.8, 4) is 0 Å². The van der Waals surface area contributed by atoms with Crippen LogP contribution < -0.4 is 0 Å². The van der Waals surface area contributed by atoms with Gasteiger partial charge in [-0.05, 0) is 31.0 Å². The van der Waals surface area contributed by atoms with Crippen LogP contribution in [0.2, 0.25) is 0 Å². The Kier molecular flexibility index (Phi) is 2.13. The fraction of sp³-hybridized carbons (Fsp3) is 0.143. The lowest BCUT2D eigenvalue weighted by Gasteiger charge is -2.17. The van der Waals surface area contributed by atoms with Gasteiger partial charge in [-0.15, -0.1) is 0 Å². The lowest BCUT2D eigenvalue weighted by Crippen LogP contribution is -2.23. The number of hydrogen-bond acceptors (Lipinski definition) is 4. The second-order valence-electron chi connectivity index (χ2n) is 4.45. The third-order valence-corrected chi connectivity index (χ3v) is 3.09. The molecule has 3 rings (SSSR count). The van der Waals surface area contributed by atoms with Crippen molar-refractivity contribution in [3.63, 3.8) is 0 Å². The summed E-state index contributed by atoms with van der Waals surface area (Å²) in [5.41, 5.74) is 3.01. The smallest absolute Gasteiger partial charge is 0.214 e. The molecule has 0 radical (unpaired) electrons. The molecule has 0 unspecified atom stereocenters. The third kappa shape index (κ3) is 1.32. The van der Waals surface area contributed by atoms with E-state index in [4.69, 9.17) is 0 Å². The van der Waals surface area contributed by atoms with Gasteiger partial charge in [0.1, 0.15) is 5.69 Å². The minimum Gasteiger partial charge on any atom is -0.288 e. The SMILES string of the molecule is Cc1cnc2c(c1)C(=O)c1c(C)cncc1C2=O. The number of rotatable bonds is 0. The van der Waals surface area contributed by atoms with Gasteiger partial charge in [0.15, 0.2) is 5.78 Å². The zero-order chi connectivity index (χ0) is 12.9. The normalized spacial score (nSPS) is 13.2. The first-order valence-electron chi connectivity index (χ1n) is 5.60. The molecule has 88 valence electrons. The van der Waals surface area contributed by atoms with Gasteiger partial charge in [-0.25, -0.2) is 0 Å². The van der Waals surface area contributed by atoms with Crippen LogP contribution in [-0.4, -0.2) is 21.5 Å². The molecule has 2 heterocycles. The first-order chi connectivity index (χ1) is 8.59. The molecule has 0 aliphatic heterocycles. The lowest BCUT2D eigenvalue weighted by molar-refractivity contribution is 0.0974. The van der Waals surface area contributed by atoms with Crippen molar-refractivity contribution in [2.45, 2.75) is 13.8 Å².